The molecule has 1 saturated carbocycles. The summed E-state index contributed by atoms with van der Waals surface area (Å²) < 4.78 is 12.7. The van der Waals surface area contributed by atoms with E-state index in [1.54, 1.807) is 13.2 Å². The average molecular weight is 382 g/mol. The smallest absolute Gasteiger partial charge is 0.165 e. The fraction of sp³-hybridized carbons (Fsp3) is 0.571. The molecule has 1 aromatic carbocycles. The van der Waals surface area contributed by atoms with Crippen molar-refractivity contribution < 1.29 is 14.6 Å². The van der Waals surface area contributed by atoms with Crippen LogP contribution < -0.4 is 4.74 Å². The molecule has 1 N–H and O–H groups in total. The van der Waals surface area contributed by atoms with Crippen LogP contribution >= 0.6 is 12.2 Å². The highest BCUT2D eigenvalue weighted by atomic mass is 32.1. The maximum absolute atomic E-state index is 10.6. The maximum Gasteiger partial charge on any atom is 0.165 e. The molecule has 6 heteroatoms. The van der Waals surface area contributed by atoms with E-state index in [4.69, 9.17) is 21.7 Å². The van der Waals surface area contributed by atoms with Crippen molar-refractivity contribution in [3.05, 3.63) is 35.4 Å². The lowest BCUT2D eigenvalue weighted by Crippen LogP contribution is -2.79. The van der Waals surface area contributed by atoms with E-state index in [9.17, 15) is 5.11 Å². The number of aliphatic imine (C=N–C) groups is 1. The molecule has 140 valence electrons. The van der Waals surface area contributed by atoms with Crippen LogP contribution in [0.1, 0.15) is 24.0 Å². The van der Waals surface area contributed by atoms with Crippen molar-refractivity contribution in [3.63, 3.8) is 0 Å². The molecule has 1 aromatic rings. The predicted octanol–water partition coefficient (Wildman–Crippen LogP) is 2.47. The maximum atomic E-state index is 10.6. The van der Waals surface area contributed by atoms with E-state index in [1.165, 1.54) is 11.1 Å². The van der Waals surface area contributed by atoms with Gasteiger partial charge in [-0.3, -0.25) is 0 Å². The largest absolute Gasteiger partial charge is 0.504 e. The Balaban J connectivity index is 1.73. The number of likely N-dealkylation sites (tertiary alicyclic amines) is 1. The number of hydrogen-bond acceptors (Lipinski definition) is 6. The van der Waals surface area contributed by atoms with Crippen LogP contribution in [0.2, 0.25) is 0 Å². The first-order chi connectivity index (χ1) is 13.0. The number of piperidine rings is 1. The summed E-state index contributed by atoms with van der Waals surface area (Å²) in [4.78, 5) is 7.03. The lowest BCUT2D eigenvalue weighted by molar-refractivity contribution is -0.194. The minimum Gasteiger partial charge on any atom is -0.504 e. The molecule has 4 aliphatic carbocycles. The molecule has 27 heavy (non-hydrogen) atoms. The average Bonchev–Trinajstić information content (AvgIpc) is 3.04. The monoisotopic (exact) mass is 382 g/mol. The minimum absolute atomic E-state index is 0.0999. The number of fused-ring (bicyclic) bond motifs is 1. The van der Waals surface area contributed by atoms with Gasteiger partial charge < -0.3 is 19.5 Å². The summed E-state index contributed by atoms with van der Waals surface area (Å²) in [5.74, 6) is 0.882. The van der Waals surface area contributed by atoms with E-state index < -0.39 is 5.60 Å². The number of benzene rings is 1. The lowest BCUT2D eigenvalue weighted by Gasteiger charge is -2.70. The molecule has 2 heterocycles. The van der Waals surface area contributed by atoms with Gasteiger partial charge in [-0.25, -0.2) is 4.99 Å². The molecule has 6 aliphatic rings. The zero-order chi connectivity index (χ0) is 18.6. The second kappa shape index (κ2) is 4.81. The van der Waals surface area contributed by atoms with Crippen molar-refractivity contribution in [2.45, 2.75) is 48.5 Å². The van der Waals surface area contributed by atoms with Crippen LogP contribution in [0.3, 0.4) is 0 Å². The van der Waals surface area contributed by atoms with Gasteiger partial charge in [0.2, 0.25) is 0 Å². The third-order valence-electron chi connectivity index (χ3n) is 8.25. The molecule has 6 atom stereocenters. The molecule has 2 aliphatic heterocycles. The molecule has 0 amide bonds. The Hall–Kier alpha value is -1.72. The Morgan fingerprint density at radius 1 is 1.41 bits per heavy atom. The molecule has 0 aromatic heterocycles. The number of hydrogen-bond donors (Lipinski definition) is 1. The lowest BCUT2D eigenvalue weighted by atomic mass is 9.38. The Morgan fingerprint density at radius 2 is 2.26 bits per heavy atom. The molecule has 4 bridgehead atoms. The van der Waals surface area contributed by atoms with Crippen molar-refractivity contribution in [2.24, 2.45) is 10.4 Å². The summed E-state index contributed by atoms with van der Waals surface area (Å²) in [6.07, 6.45) is 7.13. The van der Waals surface area contributed by atoms with Gasteiger partial charge in [-0.05, 0) is 56.7 Å². The van der Waals surface area contributed by atoms with Gasteiger partial charge in [0.15, 0.2) is 11.5 Å². The van der Waals surface area contributed by atoms with Crippen LogP contribution in [-0.4, -0.2) is 59.7 Å². The molecule has 1 saturated heterocycles. The van der Waals surface area contributed by atoms with Gasteiger partial charge >= 0.3 is 0 Å². The predicted molar refractivity (Wildman–Crippen MR) is 104 cm³/mol. The molecular weight excluding hydrogens is 360 g/mol. The standard InChI is InChI=1S/C21H22N2O3S/c1-23-8-7-20-16-12-3-4-13(24)17(16)26-18(20)21(25-2)6-5-19(20,15(23)9-12)10-14(21)22-11-27/h3-6,14-15,18,24H,7-10H2,1-2H3/t14-,15?,18+,19+,20?,21+/m0/s1. The normalized spacial score (nSPS) is 45.2. The molecule has 7 rings (SSSR count). The van der Waals surface area contributed by atoms with Gasteiger partial charge in [-0.1, -0.05) is 18.2 Å². The van der Waals surface area contributed by atoms with Gasteiger partial charge in [0.05, 0.1) is 16.6 Å². The van der Waals surface area contributed by atoms with Crippen LogP contribution in [0.4, 0.5) is 0 Å². The summed E-state index contributed by atoms with van der Waals surface area (Å²) >= 11 is 4.98. The Labute approximate surface area is 163 Å². The second-order valence-corrected chi connectivity index (χ2v) is 8.92. The van der Waals surface area contributed by atoms with Crippen molar-refractivity contribution in [1.29, 1.82) is 0 Å². The number of aromatic hydroxyl groups is 1. The number of likely N-dealkylation sites (N-methyl/N-ethyl adjacent to an activating group) is 1. The summed E-state index contributed by atoms with van der Waals surface area (Å²) in [5.41, 5.74) is 1.54. The van der Waals surface area contributed by atoms with Crippen LogP contribution in [0.25, 0.3) is 0 Å². The fourth-order valence-electron chi connectivity index (χ4n) is 7.23. The van der Waals surface area contributed by atoms with Crippen molar-refractivity contribution in [1.82, 2.24) is 4.90 Å². The topological polar surface area (TPSA) is 54.3 Å². The minimum atomic E-state index is -0.686. The number of rotatable bonds is 2. The first-order valence-electron chi connectivity index (χ1n) is 9.59. The van der Waals surface area contributed by atoms with Crippen LogP contribution in [0.15, 0.2) is 29.3 Å². The number of ether oxygens (including phenoxy) is 2. The highest BCUT2D eigenvalue weighted by molar-refractivity contribution is 7.78. The van der Waals surface area contributed by atoms with Crippen LogP contribution in [0, 0.1) is 5.41 Å². The number of nitrogens with zero attached hydrogens (tertiary/aromatic N) is 2. The van der Waals surface area contributed by atoms with Crippen molar-refractivity contribution in [3.8, 4) is 11.5 Å². The third-order valence-corrected chi connectivity index (χ3v) is 8.35. The Kier molecular flexibility index (Phi) is 2.90. The van der Waals surface area contributed by atoms with Gasteiger partial charge in [-0.2, -0.15) is 0 Å². The molecule has 2 spiro atoms. The fourth-order valence-corrected chi connectivity index (χ4v) is 7.35. The number of phenols is 1. The van der Waals surface area contributed by atoms with Gasteiger partial charge in [0.1, 0.15) is 11.7 Å². The third kappa shape index (κ3) is 1.48. The second-order valence-electron chi connectivity index (χ2n) is 8.74. The number of methoxy groups -OCH3 is 1. The van der Waals surface area contributed by atoms with Gasteiger partial charge in [-0.15, -0.1) is 0 Å². The van der Waals surface area contributed by atoms with E-state index in [1.807, 2.05) is 0 Å². The Bertz CT molecular complexity index is 957. The van der Waals surface area contributed by atoms with E-state index in [0.29, 0.717) is 11.8 Å². The highest BCUT2D eigenvalue weighted by Crippen LogP contribution is 2.73. The number of phenolic OH excluding ortho intramolecular Hbond substituents is 1. The van der Waals surface area contributed by atoms with Gasteiger partial charge in [0, 0.05) is 24.1 Å². The number of isothiocyanates is 1. The first-order valence-corrected chi connectivity index (χ1v) is 9.99. The Morgan fingerprint density at radius 3 is 3.04 bits per heavy atom. The van der Waals surface area contributed by atoms with Crippen molar-refractivity contribution >= 4 is 17.4 Å². The SMILES string of the molecule is CO[C@]12C=C[C@@]3(C[C@@H]1N=C=S)C1Cc4ccc(O)c5c4C3(CCN1C)[C@H]2O5. The van der Waals surface area contributed by atoms with E-state index >= 15 is 0 Å². The number of thiocarbonyl (C=S) groups is 1. The molecule has 2 fully saturated rings. The van der Waals surface area contributed by atoms with Crippen LogP contribution in [-0.2, 0) is 16.6 Å². The molecule has 2 unspecified atom stereocenters. The van der Waals surface area contributed by atoms with E-state index in [2.05, 4.69) is 40.3 Å². The summed E-state index contributed by atoms with van der Waals surface area (Å²) in [6.45, 7) is 1.01. The molecule has 5 nitrogen and oxygen atoms in total. The highest BCUT2D eigenvalue weighted by Gasteiger charge is 2.79. The summed E-state index contributed by atoms with van der Waals surface area (Å²) in [7, 11) is 3.95. The zero-order valence-corrected chi connectivity index (χ0v) is 16.3. The molecule has 0 radical (unpaired) electrons. The van der Waals surface area contributed by atoms with Gasteiger partial charge in [0.25, 0.3) is 0 Å². The molecular formula is C21H22N2O3S. The first kappa shape index (κ1) is 16.3. The van der Waals surface area contributed by atoms with E-state index in [-0.39, 0.29) is 28.7 Å². The summed E-state index contributed by atoms with van der Waals surface area (Å²) in [5, 5.41) is 13.2. The zero-order valence-electron chi connectivity index (χ0n) is 15.4. The quantitative estimate of drug-likeness (QED) is 0.484. The van der Waals surface area contributed by atoms with Crippen LogP contribution in [0.5, 0.6) is 11.5 Å². The van der Waals surface area contributed by atoms with Crippen molar-refractivity contribution in [2.75, 3.05) is 20.7 Å². The van der Waals surface area contributed by atoms with E-state index in [0.717, 1.165) is 25.8 Å². The summed E-state index contributed by atoms with van der Waals surface area (Å²) in [6, 6.07) is 4.10.